The summed E-state index contributed by atoms with van der Waals surface area (Å²) < 4.78 is 5.91. The minimum Gasteiger partial charge on any atom is -0.490 e. The summed E-state index contributed by atoms with van der Waals surface area (Å²) in [6.07, 6.45) is 5.81. The fraction of sp³-hybridized carbons (Fsp3) is 0.647. The van der Waals surface area contributed by atoms with Gasteiger partial charge in [-0.25, -0.2) is 0 Å². The Morgan fingerprint density at radius 1 is 1.11 bits per heavy atom. The fourth-order valence-electron chi connectivity index (χ4n) is 2.97. The maximum atomic E-state index is 10.3. The van der Waals surface area contributed by atoms with E-state index in [9.17, 15) is 5.11 Å². The first kappa shape index (κ1) is 14.4. The molecule has 1 aromatic carbocycles. The van der Waals surface area contributed by atoms with E-state index in [4.69, 9.17) is 4.74 Å². The first-order valence-corrected chi connectivity index (χ1v) is 7.47. The van der Waals surface area contributed by atoms with Gasteiger partial charge in [-0.05, 0) is 56.2 Å². The van der Waals surface area contributed by atoms with Gasteiger partial charge in [0.05, 0.1) is 6.10 Å². The predicted molar refractivity (Wildman–Crippen MR) is 78.7 cm³/mol. The molecule has 0 aromatic heterocycles. The van der Waals surface area contributed by atoms with Crippen molar-refractivity contribution in [1.29, 1.82) is 0 Å². The first-order valence-electron chi connectivity index (χ1n) is 7.47. The van der Waals surface area contributed by atoms with Crippen LogP contribution in [-0.4, -0.2) is 17.8 Å². The average Bonchev–Trinajstić information content (AvgIpc) is 2.44. The van der Waals surface area contributed by atoms with E-state index in [0.29, 0.717) is 12.5 Å². The Labute approximate surface area is 116 Å². The summed E-state index contributed by atoms with van der Waals surface area (Å²) >= 11 is 0. The molecular formula is C17H26O2. The van der Waals surface area contributed by atoms with Gasteiger partial charge in [-0.15, -0.1) is 0 Å². The molecule has 1 unspecified atom stereocenters. The smallest absolute Gasteiger partial charge is 0.125 e. The van der Waals surface area contributed by atoms with Crippen LogP contribution in [0.5, 0.6) is 5.75 Å². The zero-order chi connectivity index (χ0) is 13.8. The highest BCUT2D eigenvalue weighted by molar-refractivity contribution is 5.44. The SMILES string of the molecule is Cc1ccc(C)c(OCC(O)C2CCCCC2)c1C. The van der Waals surface area contributed by atoms with Crippen LogP contribution in [0.15, 0.2) is 12.1 Å². The number of ether oxygens (including phenoxy) is 1. The second-order valence-corrected chi connectivity index (χ2v) is 5.93. The highest BCUT2D eigenvalue weighted by atomic mass is 16.5. The van der Waals surface area contributed by atoms with Crippen molar-refractivity contribution in [2.75, 3.05) is 6.61 Å². The van der Waals surface area contributed by atoms with Gasteiger partial charge < -0.3 is 9.84 Å². The van der Waals surface area contributed by atoms with E-state index < -0.39 is 0 Å². The lowest BCUT2D eigenvalue weighted by Crippen LogP contribution is -2.29. The van der Waals surface area contributed by atoms with Crippen LogP contribution >= 0.6 is 0 Å². The van der Waals surface area contributed by atoms with Gasteiger partial charge in [0.2, 0.25) is 0 Å². The molecule has 0 bridgehead atoms. The van der Waals surface area contributed by atoms with Crippen molar-refractivity contribution in [2.45, 2.75) is 59.0 Å². The van der Waals surface area contributed by atoms with Crippen molar-refractivity contribution in [2.24, 2.45) is 5.92 Å². The summed E-state index contributed by atoms with van der Waals surface area (Å²) in [5.74, 6) is 1.38. The van der Waals surface area contributed by atoms with Crippen LogP contribution in [-0.2, 0) is 0 Å². The van der Waals surface area contributed by atoms with E-state index >= 15 is 0 Å². The predicted octanol–water partition coefficient (Wildman–Crippen LogP) is 3.93. The number of aliphatic hydroxyl groups is 1. The quantitative estimate of drug-likeness (QED) is 0.890. The van der Waals surface area contributed by atoms with Gasteiger partial charge in [-0.2, -0.15) is 0 Å². The van der Waals surface area contributed by atoms with Crippen LogP contribution in [0.3, 0.4) is 0 Å². The molecule has 1 aliphatic carbocycles. The summed E-state index contributed by atoms with van der Waals surface area (Å²) in [4.78, 5) is 0. The lowest BCUT2D eigenvalue weighted by Gasteiger charge is -2.27. The molecule has 2 nitrogen and oxygen atoms in total. The average molecular weight is 262 g/mol. The molecule has 1 aromatic rings. The molecule has 1 N–H and O–H groups in total. The molecule has 106 valence electrons. The zero-order valence-corrected chi connectivity index (χ0v) is 12.4. The maximum Gasteiger partial charge on any atom is 0.125 e. The number of aliphatic hydroxyl groups excluding tert-OH is 1. The zero-order valence-electron chi connectivity index (χ0n) is 12.4. The van der Waals surface area contributed by atoms with Crippen molar-refractivity contribution in [3.8, 4) is 5.75 Å². The Kier molecular flexibility index (Phi) is 4.87. The van der Waals surface area contributed by atoms with Gasteiger partial charge in [0.1, 0.15) is 12.4 Å². The normalized spacial score (nSPS) is 18.3. The van der Waals surface area contributed by atoms with Gasteiger partial charge in [0.25, 0.3) is 0 Å². The minimum absolute atomic E-state index is 0.320. The molecule has 0 amide bonds. The van der Waals surface area contributed by atoms with Crippen LogP contribution in [0.25, 0.3) is 0 Å². The number of hydrogen-bond acceptors (Lipinski definition) is 2. The van der Waals surface area contributed by atoms with E-state index in [0.717, 1.165) is 24.2 Å². The Morgan fingerprint density at radius 2 is 1.74 bits per heavy atom. The topological polar surface area (TPSA) is 29.5 Å². The number of aryl methyl sites for hydroxylation is 2. The number of benzene rings is 1. The molecule has 1 saturated carbocycles. The van der Waals surface area contributed by atoms with Crippen LogP contribution in [0.2, 0.25) is 0 Å². The Balaban J connectivity index is 1.96. The lowest BCUT2D eigenvalue weighted by molar-refractivity contribution is 0.0409. The summed E-state index contributed by atoms with van der Waals surface area (Å²) in [5.41, 5.74) is 3.59. The highest BCUT2D eigenvalue weighted by Gasteiger charge is 2.22. The first-order chi connectivity index (χ1) is 9.09. The summed E-state index contributed by atoms with van der Waals surface area (Å²) in [7, 11) is 0. The molecule has 2 rings (SSSR count). The molecule has 1 fully saturated rings. The largest absolute Gasteiger partial charge is 0.490 e. The molecule has 0 heterocycles. The van der Waals surface area contributed by atoms with Crippen LogP contribution in [0.1, 0.15) is 48.8 Å². The molecule has 1 aliphatic rings. The van der Waals surface area contributed by atoms with Crippen molar-refractivity contribution in [3.05, 3.63) is 28.8 Å². The van der Waals surface area contributed by atoms with Crippen molar-refractivity contribution >= 4 is 0 Å². The molecule has 0 saturated heterocycles. The van der Waals surface area contributed by atoms with Gasteiger partial charge in [0, 0.05) is 0 Å². The Bertz CT molecular complexity index is 420. The van der Waals surface area contributed by atoms with Crippen LogP contribution in [0.4, 0.5) is 0 Å². The van der Waals surface area contributed by atoms with E-state index in [2.05, 4.69) is 32.9 Å². The summed E-state index contributed by atoms with van der Waals surface area (Å²) in [6.45, 7) is 6.68. The minimum atomic E-state index is -0.320. The second kappa shape index (κ2) is 6.42. The molecule has 0 radical (unpaired) electrons. The van der Waals surface area contributed by atoms with Crippen molar-refractivity contribution in [1.82, 2.24) is 0 Å². The maximum absolute atomic E-state index is 10.3. The summed E-state index contributed by atoms with van der Waals surface area (Å²) in [5, 5.41) is 10.3. The van der Waals surface area contributed by atoms with E-state index in [1.807, 2.05) is 0 Å². The number of rotatable bonds is 4. The van der Waals surface area contributed by atoms with Crippen LogP contribution in [0, 0.1) is 26.7 Å². The monoisotopic (exact) mass is 262 g/mol. The van der Waals surface area contributed by atoms with E-state index in [-0.39, 0.29) is 6.10 Å². The van der Waals surface area contributed by atoms with Gasteiger partial charge in [0.15, 0.2) is 0 Å². The molecule has 1 atom stereocenters. The van der Waals surface area contributed by atoms with E-state index in [1.165, 1.54) is 30.4 Å². The molecule has 0 aliphatic heterocycles. The molecule has 19 heavy (non-hydrogen) atoms. The number of hydrogen-bond donors (Lipinski definition) is 1. The van der Waals surface area contributed by atoms with Gasteiger partial charge >= 0.3 is 0 Å². The third kappa shape index (κ3) is 3.50. The Hall–Kier alpha value is -1.02. The molecular weight excluding hydrogens is 236 g/mol. The van der Waals surface area contributed by atoms with E-state index in [1.54, 1.807) is 0 Å². The Morgan fingerprint density at radius 3 is 2.42 bits per heavy atom. The highest BCUT2D eigenvalue weighted by Crippen LogP contribution is 2.29. The standard InChI is InChI=1S/C17H26O2/c1-12-9-10-13(2)17(14(12)3)19-11-16(18)15-7-5-4-6-8-15/h9-10,15-16,18H,4-8,11H2,1-3H3. The fourth-order valence-corrected chi connectivity index (χ4v) is 2.97. The third-order valence-corrected chi connectivity index (χ3v) is 4.47. The van der Waals surface area contributed by atoms with Gasteiger partial charge in [-0.1, -0.05) is 31.4 Å². The third-order valence-electron chi connectivity index (χ3n) is 4.47. The van der Waals surface area contributed by atoms with Crippen molar-refractivity contribution in [3.63, 3.8) is 0 Å². The lowest BCUT2D eigenvalue weighted by atomic mass is 9.85. The second-order valence-electron chi connectivity index (χ2n) is 5.93. The molecule has 0 spiro atoms. The molecule has 2 heteroatoms. The summed E-state index contributed by atoms with van der Waals surface area (Å²) in [6, 6.07) is 4.21. The van der Waals surface area contributed by atoms with Crippen molar-refractivity contribution < 1.29 is 9.84 Å². The van der Waals surface area contributed by atoms with Gasteiger partial charge in [-0.3, -0.25) is 0 Å². The van der Waals surface area contributed by atoms with Crippen LogP contribution < -0.4 is 4.74 Å².